The largest absolute Gasteiger partial charge is 0.460 e. The van der Waals surface area contributed by atoms with Crippen LogP contribution >= 0.6 is 0 Å². The molecule has 0 aliphatic heterocycles. The summed E-state index contributed by atoms with van der Waals surface area (Å²) in [6.45, 7) is 9.60. The Morgan fingerprint density at radius 1 is 0.622 bits per heavy atom. The van der Waals surface area contributed by atoms with Crippen molar-refractivity contribution in [1.29, 1.82) is 0 Å². The van der Waals surface area contributed by atoms with E-state index in [0.29, 0.717) is 11.1 Å². The van der Waals surface area contributed by atoms with Gasteiger partial charge >= 0.3 is 23.9 Å². The van der Waals surface area contributed by atoms with Crippen LogP contribution in [0.25, 0.3) is 0 Å². The minimum Gasteiger partial charge on any atom is -0.460 e. The quantitative estimate of drug-likeness (QED) is 0.293. The highest BCUT2D eigenvalue weighted by atomic mass is 16.6. The number of esters is 4. The van der Waals surface area contributed by atoms with E-state index in [-0.39, 0.29) is 13.2 Å². The van der Waals surface area contributed by atoms with Gasteiger partial charge in [0.2, 0.25) is 0 Å². The van der Waals surface area contributed by atoms with Crippen LogP contribution in [0.1, 0.15) is 52.7 Å². The van der Waals surface area contributed by atoms with Crippen LogP contribution in [0.4, 0.5) is 0 Å². The highest BCUT2D eigenvalue weighted by Crippen LogP contribution is 2.62. The first-order chi connectivity index (χ1) is 17.3. The first-order valence-electron chi connectivity index (χ1n) is 12.1. The van der Waals surface area contributed by atoms with Gasteiger partial charge in [-0.1, -0.05) is 60.7 Å². The molecule has 0 heterocycles. The summed E-state index contributed by atoms with van der Waals surface area (Å²) in [6, 6.07) is 17.7. The third kappa shape index (κ3) is 6.76. The predicted molar refractivity (Wildman–Crippen MR) is 134 cm³/mol. The van der Waals surface area contributed by atoms with Gasteiger partial charge in [-0.05, 0) is 52.7 Å². The van der Waals surface area contributed by atoms with Crippen LogP contribution in [0.2, 0.25) is 0 Å². The summed E-state index contributed by atoms with van der Waals surface area (Å²) in [5.41, 5.74) is -2.73. The van der Waals surface area contributed by atoms with Crippen molar-refractivity contribution in [3.8, 4) is 0 Å². The van der Waals surface area contributed by atoms with E-state index in [1.807, 2.05) is 12.1 Å². The zero-order valence-electron chi connectivity index (χ0n) is 22.1. The van der Waals surface area contributed by atoms with Gasteiger partial charge in [0.15, 0.2) is 5.41 Å². The van der Waals surface area contributed by atoms with Crippen LogP contribution in [0, 0.1) is 17.3 Å². The fourth-order valence-electron chi connectivity index (χ4n) is 4.04. The molecule has 1 aliphatic carbocycles. The first-order valence-corrected chi connectivity index (χ1v) is 12.1. The van der Waals surface area contributed by atoms with Gasteiger partial charge in [-0.3, -0.25) is 19.2 Å². The fourth-order valence-corrected chi connectivity index (χ4v) is 4.04. The van der Waals surface area contributed by atoms with Crippen LogP contribution in [-0.4, -0.2) is 35.1 Å². The van der Waals surface area contributed by atoms with Crippen LogP contribution in [0.3, 0.4) is 0 Å². The number of ether oxygens (including phenoxy) is 4. The molecule has 37 heavy (non-hydrogen) atoms. The Morgan fingerprint density at radius 3 is 1.24 bits per heavy atom. The van der Waals surface area contributed by atoms with E-state index in [9.17, 15) is 19.2 Å². The molecule has 2 aromatic carbocycles. The molecule has 0 bridgehead atoms. The first kappa shape index (κ1) is 27.9. The van der Waals surface area contributed by atoms with Crippen molar-refractivity contribution in [2.45, 2.75) is 66.0 Å². The Morgan fingerprint density at radius 2 is 0.946 bits per heavy atom. The van der Waals surface area contributed by atoms with Crippen molar-refractivity contribution in [1.82, 2.24) is 0 Å². The maximum absolute atomic E-state index is 13.6. The summed E-state index contributed by atoms with van der Waals surface area (Å²) < 4.78 is 22.0. The highest BCUT2D eigenvalue weighted by molar-refractivity contribution is 6.15. The number of benzene rings is 2. The van der Waals surface area contributed by atoms with Gasteiger partial charge in [0.25, 0.3) is 0 Å². The Labute approximate surface area is 217 Å². The molecule has 1 saturated carbocycles. The van der Waals surface area contributed by atoms with E-state index in [2.05, 4.69) is 0 Å². The molecule has 0 spiro atoms. The SMILES string of the molecule is CC(C)(C)OC(=O)[C@H]1[C@H](C(=O)OC(C)(C)C)C1(C(=O)OCc1ccccc1)C(=O)OCc1ccccc1. The standard InChI is InChI=1S/C29H34O8/c1-27(2,3)36-23(30)21-22(24(31)37-28(4,5)6)29(21,25(32)34-17-19-13-9-7-10-14-19)26(33)35-18-20-15-11-8-12-16-20/h7-16,21-22H,17-18H2,1-6H3/t21-,22-/m1/s1. The molecule has 3 rings (SSSR count). The Kier molecular flexibility index (Phi) is 8.10. The van der Waals surface area contributed by atoms with E-state index in [1.54, 1.807) is 90.1 Å². The predicted octanol–water partition coefficient (Wildman–Crippen LogP) is 4.39. The van der Waals surface area contributed by atoms with Crippen molar-refractivity contribution in [2.75, 3.05) is 0 Å². The second-order valence-electron chi connectivity index (χ2n) is 11.0. The third-order valence-corrected chi connectivity index (χ3v) is 5.63. The second-order valence-corrected chi connectivity index (χ2v) is 11.0. The molecule has 2 aromatic rings. The van der Waals surface area contributed by atoms with Crippen molar-refractivity contribution in [3.63, 3.8) is 0 Å². The molecule has 8 nitrogen and oxygen atoms in total. The Balaban J connectivity index is 1.97. The van der Waals surface area contributed by atoms with Gasteiger partial charge in [-0.2, -0.15) is 0 Å². The molecule has 1 fully saturated rings. The van der Waals surface area contributed by atoms with Crippen molar-refractivity contribution in [2.24, 2.45) is 17.3 Å². The molecule has 1 aliphatic rings. The van der Waals surface area contributed by atoms with E-state index >= 15 is 0 Å². The average molecular weight is 511 g/mol. The molecule has 0 amide bonds. The van der Waals surface area contributed by atoms with Crippen LogP contribution in [-0.2, 0) is 51.3 Å². The maximum atomic E-state index is 13.6. The molecule has 2 atom stereocenters. The molecular weight excluding hydrogens is 476 g/mol. The number of hydrogen-bond donors (Lipinski definition) is 0. The number of carbonyl (C=O) groups is 4. The lowest BCUT2D eigenvalue weighted by molar-refractivity contribution is -0.174. The molecule has 0 aromatic heterocycles. The van der Waals surface area contributed by atoms with E-state index in [4.69, 9.17) is 18.9 Å². The molecule has 0 N–H and O–H groups in total. The highest BCUT2D eigenvalue weighted by Gasteiger charge is 2.84. The zero-order valence-corrected chi connectivity index (χ0v) is 22.1. The van der Waals surface area contributed by atoms with Crippen molar-refractivity contribution < 1.29 is 38.1 Å². The molecule has 0 radical (unpaired) electrons. The van der Waals surface area contributed by atoms with Gasteiger partial charge in [-0.25, -0.2) is 0 Å². The van der Waals surface area contributed by atoms with E-state index in [0.717, 1.165) is 0 Å². The molecule has 0 unspecified atom stereocenters. The Hall–Kier alpha value is -3.68. The molecule has 0 saturated heterocycles. The van der Waals surface area contributed by atoms with Crippen LogP contribution < -0.4 is 0 Å². The lowest BCUT2D eigenvalue weighted by Gasteiger charge is -2.21. The number of rotatable bonds is 8. The van der Waals surface area contributed by atoms with Crippen LogP contribution in [0.5, 0.6) is 0 Å². The van der Waals surface area contributed by atoms with E-state index in [1.165, 1.54) is 0 Å². The van der Waals surface area contributed by atoms with Crippen molar-refractivity contribution >= 4 is 23.9 Å². The third-order valence-electron chi connectivity index (χ3n) is 5.63. The number of hydrogen-bond acceptors (Lipinski definition) is 8. The number of carbonyl (C=O) groups excluding carboxylic acids is 4. The Bertz CT molecular complexity index is 1030. The molecule has 8 heteroatoms. The molecular formula is C29H34O8. The minimum absolute atomic E-state index is 0.157. The normalized spacial score (nSPS) is 18.3. The van der Waals surface area contributed by atoms with Crippen molar-refractivity contribution in [3.05, 3.63) is 71.8 Å². The average Bonchev–Trinajstić information content (AvgIpc) is 3.52. The zero-order chi connectivity index (χ0) is 27.4. The summed E-state index contributed by atoms with van der Waals surface area (Å²) >= 11 is 0. The summed E-state index contributed by atoms with van der Waals surface area (Å²) in [6.07, 6.45) is 0. The van der Waals surface area contributed by atoms with Gasteiger partial charge in [0.05, 0.1) is 11.8 Å². The fraction of sp³-hybridized carbons (Fsp3) is 0.448. The monoisotopic (exact) mass is 510 g/mol. The lowest BCUT2D eigenvalue weighted by Crippen LogP contribution is -2.37. The lowest BCUT2D eigenvalue weighted by atomic mass is 10.0. The minimum atomic E-state index is -2.23. The maximum Gasteiger partial charge on any atom is 0.325 e. The summed E-state index contributed by atoms with van der Waals surface area (Å²) in [5, 5.41) is 0. The summed E-state index contributed by atoms with van der Waals surface area (Å²) in [7, 11) is 0. The van der Waals surface area contributed by atoms with Gasteiger partial charge in [-0.15, -0.1) is 0 Å². The summed E-state index contributed by atoms with van der Waals surface area (Å²) in [5.74, 6) is -6.74. The van der Waals surface area contributed by atoms with Gasteiger partial charge in [0, 0.05) is 0 Å². The second kappa shape index (κ2) is 10.7. The smallest absolute Gasteiger partial charge is 0.325 e. The van der Waals surface area contributed by atoms with E-state index < -0.39 is 52.3 Å². The van der Waals surface area contributed by atoms with Crippen LogP contribution in [0.15, 0.2) is 60.7 Å². The summed E-state index contributed by atoms with van der Waals surface area (Å²) in [4.78, 5) is 53.6. The topological polar surface area (TPSA) is 105 Å². The van der Waals surface area contributed by atoms with Gasteiger partial charge in [0.1, 0.15) is 24.4 Å². The van der Waals surface area contributed by atoms with Gasteiger partial charge < -0.3 is 18.9 Å². The molecule has 198 valence electrons.